The first-order valence-corrected chi connectivity index (χ1v) is 8.68. The monoisotopic (exact) mass is 341 g/mol. The molecule has 6 nitrogen and oxygen atoms in total. The van der Waals surface area contributed by atoms with Crippen LogP contribution in [0.15, 0.2) is 12.2 Å². The Kier molecular flexibility index (Phi) is 9.64. The van der Waals surface area contributed by atoms with Gasteiger partial charge in [0.25, 0.3) is 0 Å². The highest BCUT2D eigenvalue weighted by Crippen LogP contribution is 2.12. The predicted molar refractivity (Wildman–Crippen MR) is 91.6 cm³/mol. The third kappa shape index (κ3) is 11.2. The smallest absolute Gasteiger partial charge is 0.331 e. The molecule has 0 aromatic carbocycles. The van der Waals surface area contributed by atoms with Crippen molar-refractivity contribution in [1.82, 2.24) is 4.90 Å². The summed E-state index contributed by atoms with van der Waals surface area (Å²) in [5.41, 5.74) is -0.0920. The van der Waals surface area contributed by atoms with Gasteiger partial charge in [-0.15, -0.1) is 0 Å². The Labute approximate surface area is 145 Å². The molecule has 1 heterocycles. The Bertz CT molecular complexity index is 408. The molecule has 0 aliphatic carbocycles. The molecule has 0 aromatic heterocycles. The van der Waals surface area contributed by atoms with Crippen molar-refractivity contribution in [1.29, 1.82) is 0 Å². The van der Waals surface area contributed by atoms with Gasteiger partial charge in [0, 0.05) is 25.2 Å². The zero-order valence-electron chi connectivity index (χ0n) is 15.2. The van der Waals surface area contributed by atoms with Gasteiger partial charge in [0.05, 0.1) is 26.4 Å². The molecule has 1 aliphatic heterocycles. The number of morpholine rings is 1. The third-order valence-corrected chi connectivity index (χ3v) is 3.47. The lowest BCUT2D eigenvalue weighted by Gasteiger charge is -2.26. The normalized spacial score (nSPS) is 16.3. The van der Waals surface area contributed by atoms with E-state index in [1.165, 1.54) is 0 Å². The van der Waals surface area contributed by atoms with Crippen LogP contribution < -0.4 is 0 Å². The number of carbonyl (C=O) groups is 2. The molecule has 1 aliphatic rings. The standard InChI is InChI=1S/C18H31NO5/c1-18(2,3)15-24-17(21)8-7-16(20)23-12-6-4-5-9-19-10-13-22-14-11-19/h7-8H,4-6,9-15H2,1-3H3/b8-7+. The molecular weight excluding hydrogens is 310 g/mol. The van der Waals surface area contributed by atoms with Crippen molar-refractivity contribution in [3.63, 3.8) is 0 Å². The van der Waals surface area contributed by atoms with Gasteiger partial charge in [0.15, 0.2) is 0 Å². The highest BCUT2D eigenvalue weighted by molar-refractivity contribution is 5.91. The second kappa shape index (κ2) is 11.2. The van der Waals surface area contributed by atoms with Gasteiger partial charge >= 0.3 is 11.9 Å². The average molecular weight is 341 g/mol. The summed E-state index contributed by atoms with van der Waals surface area (Å²) in [4.78, 5) is 25.3. The Morgan fingerprint density at radius 3 is 2.25 bits per heavy atom. The Balaban J connectivity index is 2.00. The minimum atomic E-state index is -0.521. The average Bonchev–Trinajstić information content (AvgIpc) is 2.54. The maximum absolute atomic E-state index is 11.5. The Morgan fingerprint density at radius 1 is 1.00 bits per heavy atom. The van der Waals surface area contributed by atoms with Gasteiger partial charge in [-0.1, -0.05) is 20.8 Å². The summed E-state index contributed by atoms with van der Waals surface area (Å²) in [6.45, 7) is 11.3. The zero-order valence-corrected chi connectivity index (χ0v) is 15.2. The van der Waals surface area contributed by atoms with Crippen LogP contribution in [0.3, 0.4) is 0 Å². The van der Waals surface area contributed by atoms with E-state index < -0.39 is 11.9 Å². The summed E-state index contributed by atoms with van der Waals surface area (Å²) >= 11 is 0. The number of rotatable bonds is 9. The van der Waals surface area contributed by atoms with Crippen LogP contribution in [0.4, 0.5) is 0 Å². The number of esters is 2. The molecule has 0 N–H and O–H groups in total. The van der Waals surface area contributed by atoms with Crippen molar-refractivity contribution in [2.45, 2.75) is 40.0 Å². The van der Waals surface area contributed by atoms with Crippen molar-refractivity contribution in [3.8, 4) is 0 Å². The first kappa shape index (κ1) is 20.6. The van der Waals surface area contributed by atoms with Crippen LogP contribution in [0.1, 0.15) is 40.0 Å². The lowest BCUT2D eigenvalue weighted by molar-refractivity contribution is -0.142. The molecule has 0 amide bonds. The molecule has 0 unspecified atom stereocenters. The topological polar surface area (TPSA) is 65.1 Å². The van der Waals surface area contributed by atoms with Crippen LogP contribution in [0.2, 0.25) is 0 Å². The maximum atomic E-state index is 11.5. The van der Waals surface area contributed by atoms with Crippen LogP contribution in [-0.4, -0.2) is 62.9 Å². The summed E-state index contributed by atoms with van der Waals surface area (Å²) in [5.74, 6) is -1.02. The molecule has 0 radical (unpaired) electrons. The molecule has 1 fully saturated rings. The molecule has 0 bridgehead atoms. The van der Waals surface area contributed by atoms with Gasteiger partial charge in [-0.25, -0.2) is 9.59 Å². The minimum Gasteiger partial charge on any atom is -0.463 e. The van der Waals surface area contributed by atoms with Crippen LogP contribution >= 0.6 is 0 Å². The van der Waals surface area contributed by atoms with Gasteiger partial charge in [0.2, 0.25) is 0 Å². The number of ether oxygens (including phenoxy) is 3. The molecule has 0 spiro atoms. The van der Waals surface area contributed by atoms with E-state index in [4.69, 9.17) is 14.2 Å². The molecule has 0 aromatic rings. The Morgan fingerprint density at radius 2 is 1.62 bits per heavy atom. The van der Waals surface area contributed by atoms with E-state index in [0.717, 1.165) is 64.3 Å². The molecular formula is C18H31NO5. The van der Waals surface area contributed by atoms with Crippen molar-refractivity contribution in [2.24, 2.45) is 5.41 Å². The second-order valence-corrected chi connectivity index (χ2v) is 7.18. The predicted octanol–water partition coefficient (Wildman–Crippen LogP) is 2.18. The largest absolute Gasteiger partial charge is 0.463 e. The van der Waals surface area contributed by atoms with Crippen LogP contribution in [0.5, 0.6) is 0 Å². The number of carbonyl (C=O) groups excluding carboxylic acids is 2. The molecule has 1 rings (SSSR count). The SMILES string of the molecule is CC(C)(C)COC(=O)/C=C/C(=O)OCCCCCN1CCOCC1. The van der Waals surface area contributed by atoms with Gasteiger partial charge in [0.1, 0.15) is 0 Å². The summed E-state index contributed by atoms with van der Waals surface area (Å²) in [6.07, 6.45) is 5.18. The van der Waals surface area contributed by atoms with Crippen molar-refractivity contribution in [2.75, 3.05) is 46.1 Å². The van der Waals surface area contributed by atoms with Gasteiger partial charge in [-0.3, -0.25) is 4.90 Å². The van der Waals surface area contributed by atoms with E-state index in [1.54, 1.807) is 0 Å². The summed E-state index contributed by atoms with van der Waals surface area (Å²) in [7, 11) is 0. The van der Waals surface area contributed by atoms with Crippen LogP contribution in [0.25, 0.3) is 0 Å². The quantitative estimate of drug-likeness (QED) is 0.364. The molecule has 0 atom stereocenters. The van der Waals surface area contributed by atoms with Gasteiger partial charge in [-0.2, -0.15) is 0 Å². The van der Waals surface area contributed by atoms with Crippen LogP contribution in [0, 0.1) is 5.41 Å². The van der Waals surface area contributed by atoms with E-state index >= 15 is 0 Å². The lowest BCUT2D eigenvalue weighted by Crippen LogP contribution is -2.36. The minimum absolute atomic E-state index is 0.0920. The van der Waals surface area contributed by atoms with Gasteiger partial charge in [-0.05, 0) is 31.2 Å². The summed E-state index contributed by atoms with van der Waals surface area (Å²) in [6, 6.07) is 0. The van der Waals surface area contributed by atoms with E-state index in [-0.39, 0.29) is 5.41 Å². The molecule has 0 saturated carbocycles. The van der Waals surface area contributed by atoms with E-state index in [2.05, 4.69) is 4.90 Å². The van der Waals surface area contributed by atoms with E-state index in [9.17, 15) is 9.59 Å². The molecule has 1 saturated heterocycles. The molecule has 6 heteroatoms. The molecule has 24 heavy (non-hydrogen) atoms. The van der Waals surface area contributed by atoms with Crippen molar-refractivity contribution in [3.05, 3.63) is 12.2 Å². The number of hydrogen-bond donors (Lipinski definition) is 0. The highest BCUT2D eigenvalue weighted by atomic mass is 16.5. The fraction of sp³-hybridized carbons (Fsp3) is 0.778. The number of nitrogens with zero attached hydrogens (tertiary/aromatic N) is 1. The first-order valence-electron chi connectivity index (χ1n) is 8.68. The zero-order chi connectivity index (χ0) is 17.8. The number of hydrogen-bond acceptors (Lipinski definition) is 6. The lowest BCUT2D eigenvalue weighted by atomic mass is 9.99. The van der Waals surface area contributed by atoms with Gasteiger partial charge < -0.3 is 14.2 Å². The summed E-state index contributed by atoms with van der Waals surface area (Å²) in [5, 5.41) is 0. The molecule has 138 valence electrons. The fourth-order valence-electron chi connectivity index (χ4n) is 2.13. The second-order valence-electron chi connectivity index (χ2n) is 7.18. The Hall–Kier alpha value is -1.40. The third-order valence-electron chi connectivity index (χ3n) is 3.47. The summed E-state index contributed by atoms with van der Waals surface area (Å²) < 4.78 is 15.4. The maximum Gasteiger partial charge on any atom is 0.331 e. The highest BCUT2D eigenvalue weighted by Gasteiger charge is 2.12. The van der Waals surface area contributed by atoms with Crippen molar-refractivity contribution < 1.29 is 23.8 Å². The fourth-order valence-corrected chi connectivity index (χ4v) is 2.13. The van der Waals surface area contributed by atoms with E-state index in [1.807, 2.05) is 20.8 Å². The van der Waals surface area contributed by atoms with Crippen molar-refractivity contribution >= 4 is 11.9 Å². The first-order chi connectivity index (χ1) is 11.4. The van der Waals surface area contributed by atoms with E-state index in [0.29, 0.717) is 13.2 Å². The number of unbranched alkanes of at least 4 members (excludes halogenated alkanes) is 2. The van der Waals surface area contributed by atoms with Crippen LogP contribution in [-0.2, 0) is 23.8 Å².